The first-order valence-electron chi connectivity index (χ1n) is 6.91. The van der Waals surface area contributed by atoms with E-state index in [4.69, 9.17) is 0 Å². The highest BCUT2D eigenvalue weighted by molar-refractivity contribution is 5.90. The monoisotopic (exact) mass is 312 g/mol. The number of anilines is 1. The Bertz CT molecular complexity index is 952. The second kappa shape index (κ2) is 5.96. The van der Waals surface area contributed by atoms with Gasteiger partial charge in [0.2, 0.25) is 5.91 Å². The van der Waals surface area contributed by atoms with Gasteiger partial charge in [-0.25, -0.2) is 14.4 Å². The molecule has 1 aromatic carbocycles. The fraction of sp³-hybridized carbons (Fsp3) is 0.125. The van der Waals surface area contributed by atoms with Crippen LogP contribution in [0.2, 0.25) is 0 Å². The van der Waals surface area contributed by atoms with Crippen molar-refractivity contribution in [2.24, 2.45) is 0 Å². The SMILES string of the molecule is Cc1ccc(NC(=O)Cn2cnc3ncccc3c2=O)c(F)c1. The van der Waals surface area contributed by atoms with E-state index in [-0.39, 0.29) is 17.8 Å². The van der Waals surface area contributed by atoms with Gasteiger partial charge in [-0.15, -0.1) is 0 Å². The molecule has 23 heavy (non-hydrogen) atoms. The fourth-order valence-corrected chi connectivity index (χ4v) is 2.18. The van der Waals surface area contributed by atoms with Gasteiger partial charge in [0, 0.05) is 6.20 Å². The first-order valence-corrected chi connectivity index (χ1v) is 6.91. The van der Waals surface area contributed by atoms with Gasteiger partial charge >= 0.3 is 0 Å². The van der Waals surface area contributed by atoms with E-state index in [1.807, 2.05) is 0 Å². The molecule has 0 fully saturated rings. The number of hydrogen-bond acceptors (Lipinski definition) is 4. The van der Waals surface area contributed by atoms with E-state index in [1.165, 1.54) is 24.7 Å². The minimum atomic E-state index is -0.522. The van der Waals surface area contributed by atoms with Crippen molar-refractivity contribution in [3.05, 3.63) is 64.6 Å². The zero-order chi connectivity index (χ0) is 16.4. The van der Waals surface area contributed by atoms with Crippen LogP contribution in [0.1, 0.15) is 5.56 Å². The lowest BCUT2D eigenvalue weighted by molar-refractivity contribution is -0.116. The average Bonchev–Trinajstić information content (AvgIpc) is 2.53. The highest BCUT2D eigenvalue weighted by Crippen LogP contribution is 2.15. The third kappa shape index (κ3) is 3.08. The van der Waals surface area contributed by atoms with Crippen LogP contribution in [-0.4, -0.2) is 20.4 Å². The summed E-state index contributed by atoms with van der Waals surface area (Å²) in [6.07, 6.45) is 2.79. The summed E-state index contributed by atoms with van der Waals surface area (Å²) < 4.78 is 14.9. The van der Waals surface area contributed by atoms with Crippen molar-refractivity contribution in [3.63, 3.8) is 0 Å². The summed E-state index contributed by atoms with van der Waals surface area (Å²) in [7, 11) is 0. The van der Waals surface area contributed by atoms with Crippen molar-refractivity contribution in [2.45, 2.75) is 13.5 Å². The predicted octanol–water partition coefficient (Wildman–Crippen LogP) is 1.88. The number of rotatable bonds is 3. The van der Waals surface area contributed by atoms with Crippen LogP contribution < -0.4 is 10.9 Å². The highest BCUT2D eigenvalue weighted by atomic mass is 19.1. The summed E-state index contributed by atoms with van der Waals surface area (Å²) in [5.74, 6) is -1.04. The van der Waals surface area contributed by atoms with Crippen molar-refractivity contribution in [2.75, 3.05) is 5.32 Å². The number of carbonyl (C=O) groups is 1. The Morgan fingerprint density at radius 3 is 2.91 bits per heavy atom. The summed E-state index contributed by atoms with van der Waals surface area (Å²) in [4.78, 5) is 32.3. The zero-order valence-electron chi connectivity index (χ0n) is 12.3. The summed E-state index contributed by atoms with van der Waals surface area (Å²) in [6.45, 7) is 1.49. The van der Waals surface area contributed by atoms with Gasteiger partial charge in [0.15, 0.2) is 5.65 Å². The predicted molar refractivity (Wildman–Crippen MR) is 83.6 cm³/mol. The van der Waals surface area contributed by atoms with Crippen LogP contribution in [0.4, 0.5) is 10.1 Å². The maximum absolute atomic E-state index is 13.7. The van der Waals surface area contributed by atoms with Crippen molar-refractivity contribution in [3.8, 4) is 0 Å². The Labute approximate surface area is 130 Å². The Balaban J connectivity index is 1.83. The van der Waals surface area contributed by atoms with Crippen molar-refractivity contribution >= 4 is 22.6 Å². The standard InChI is InChI=1S/C16H13FN4O2/c1-10-4-5-13(12(17)7-10)20-14(22)8-21-9-19-15-11(16(21)23)3-2-6-18-15/h2-7,9H,8H2,1H3,(H,20,22). The molecule has 0 aliphatic carbocycles. The maximum Gasteiger partial charge on any atom is 0.263 e. The summed E-state index contributed by atoms with van der Waals surface area (Å²) in [5.41, 5.74) is 0.772. The highest BCUT2D eigenvalue weighted by Gasteiger charge is 2.10. The molecule has 2 heterocycles. The molecule has 2 aromatic heterocycles. The molecule has 7 heteroatoms. The van der Waals surface area contributed by atoms with E-state index >= 15 is 0 Å². The van der Waals surface area contributed by atoms with E-state index in [9.17, 15) is 14.0 Å². The lowest BCUT2D eigenvalue weighted by atomic mass is 10.2. The van der Waals surface area contributed by atoms with Crippen LogP contribution in [-0.2, 0) is 11.3 Å². The molecule has 116 valence electrons. The Hall–Kier alpha value is -3.09. The van der Waals surface area contributed by atoms with E-state index in [2.05, 4.69) is 15.3 Å². The number of halogens is 1. The molecule has 6 nitrogen and oxygen atoms in total. The van der Waals surface area contributed by atoms with Crippen molar-refractivity contribution in [1.29, 1.82) is 0 Å². The molecular weight excluding hydrogens is 299 g/mol. The maximum atomic E-state index is 13.7. The van der Waals surface area contributed by atoms with Crippen LogP contribution >= 0.6 is 0 Å². The second-order valence-electron chi connectivity index (χ2n) is 5.08. The van der Waals surface area contributed by atoms with Crippen LogP contribution in [0.25, 0.3) is 11.0 Å². The van der Waals surface area contributed by atoms with Gasteiger partial charge in [0.25, 0.3) is 5.56 Å². The van der Waals surface area contributed by atoms with Crippen molar-refractivity contribution < 1.29 is 9.18 Å². The minimum Gasteiger partial charge on any atom is -0.322 e. The number of aryl methyl sites for hydroxylation is 1. The lowest BCUT2D eigenvalue weighted by Crippen LogP contribution is -2.28. The van der Waals surface area contributed by atoms with E-state index in [0.717, 1.165) is 10.1 Å². The number of benzene rings is 1. The molecule has 1 amide bonds. The van der Waals surface area contributed by atoms with Gasteiger partial charge in [0.05, 0.1) is 11.1 Å². The molecule has 0 aliphatic rings. The molecule has 0 saturated heterocycles. The summed E-state index contributed by atoms with van der Waals surface area (Å²) >= 11 is 0. The molecule has 1 N–H and O–H groups in total. The van der Waals surface area contributed by atoms with Gasteiger partial charge in [-0.1, -0.05) is 6.07 Å². The molecule has 0 aliphatic heterocycles. The first kappa shape index (κ1) is 14.8. The number of fused-ring (bicyclic) bond motifs is 1. The molecule has 0 radical (unpaired) electrons. The number of amides is 1. The van der Waals surface area contributed by atoms with Crippen molar-refractivity contribution in [1.82, 2.24) is 14.5 Å². The third-order valence-corrected chi connectivity index (χ3v) is 3.31. The largest absolute Gasteiger partial charge is 0.322 e. The number of hydrogen-bond donors (Lipinski definition) is 1. The molecule has 0 atom stereocenters. The first-order chi connectivity index (χ1) is 11.0. The Morgan fingerprint density at radius 2 is 2.13 bits per heavy atom. The van der Waals surface area contributed by atoms with E-state index < -0.39 is 11.7 Å². The number of nitrogens with zero attached hydrogens (tertiary/aromatic N) is 3. The molecule has 3 aromatic rings. The lowest BCUT2D eigenvalue weighted by Gasteiger charge is -2.09. The molecule has 0 saturated carbocycles. The zero-order valence-corrected chi connectivity index (χ0v) is 12.3. The van der Waals surface area contributed by atoms with E-state index in [0.29, 0.717) is 11.0 Å². The average molecular weight is 312 g/mol. The fourth-order valence-electron chi connectivity index (χ4n) is 2.18. The Morgan fingerprint density at radius 1 is 1.30 bits per heavy atom. The molecular formula is C16H13FN4O2. The Kier molecular flexibility index (Phi) is 3.84. The minimum absolute atomic E-state index is 0.0732. The second-order valence-corrected chi connectivity index (χ2v) is 5.08. The summed E-state index contributed by atoms with van der Waals surface area (Å²) in [5, 5.41) is 2.77. The quantitative estimate of drug-likeness (QED) is 0.801. The smallest absolute Gasteiger partial charge is 0.263 e. The van der Waals surface area contributed by atoms with Crippen LogP contribution in [0.5, 0.6) is 0 Å². The van der Waals surface area contributed by atoms with Gasteiger partial charge in [-0.2, -0.15) is 0 Å². The number of carbonyl (C=O) groups excluding carboxylic acids is 1. The topological polar surface area (TPSA) is 76.9 Å². The summed E-state index contributed by atoms with van der Waals surface area (Å²) in [6, 6.07) is 7.70. The van der Waals surface area contributed by atoms with E-state index in [1.54, 1.807) is 25.1 Å². The van der Waals surface area contributed by atoms with Gasteiger partial charge in [0.1, 0.15) is 18.7 Å². The normalized spacial score (nSPS) is 10.7. The van der Waals surface area contributed by atoms with Gasteiger partial charge < -0.3 is 5.32 Å². The molecule has 0 spiro atoms. The van der Waals surface area contributed by atoms with Gasteiger partial charge in [-0.3, -0.25) is 14.2 Å². The number of aromatic nitrogens is 3. The van der Waals surface area contributed by atoms with Crippen LogP contribution in [0, 0.1) is 12.7 Å². The molecule has 3 rings (SSSR count). The third-order valence-electron chi connectivity index (χ3n) is 3.31. The van der Waals surface area contributed by atoms with Crippen LogP contribution in [0.15, 0.2) is 47.7 Å². The van der Waals surface area contributed by atoms with Crippen LogP contribution in [0.3, 0.4) is 0 Å². The van der Waals surface area contributed by atoms with Gasteiger partial charge in [-0.05, 0) is 36.8 Å². The molecule has 0 unspecified atom stereocenters. The molecule has 0 bridgehead atoms. The number of pyridine rings is 1. The number of nitrogens with one attached hydrogen (secondary N) is 1.